The van der Waals surface area contributed by atoms with Crippen molar-refractivity contribution in [3.05, 3.63) is 72.0 Å². The predicted octanol–water partition coefficient (Wildman–Crippen LogP) is 3.24. The molecule has 1 atom stereocenters. The van der Waals surface area contributed by atoms with E-state index in [0.29, 0.717) is 12.0 Å². The molecule has 0 bridgehead atoms. The quantitative estimate of drug-likeness (QED) is 0.782. The normalized spacial score (nSPS) is 11.9. The number of pyridine rings is 1. The minimum atomic E-state index is -0.415. The fourth-order valence-electron chi connectivity index (χ4n) is 2.36. The van der Waals surface area contributed by atoms with Crippen molar-refractivity contribution in [2.45, 2.75) is 19.4 Å². The van der Waals surface area contributed by atoms with Gasteiger partial charge < -0.3 is 9.84 Å². The zero-order chi connectivity index (χ0) is 16.9. The van der Waals surface area contributed by atoms with E-state index in [1.165, 1.54) is 12.1 Å². The highest BCUT2D eigenvalue weighted by atomic mass is 19.1. The maximum Gasteiger partial charge on any atom is 0.290 e. The number of nitrogens with one attached hydrogen (secondary N) is 1. The molecule has 5 nitrogen and oxygen atoms in total. The van der Waals surface area contributed by atoms with E-state index in [0.717, 1.165) is 5.69 Å². The number of halogens is 1. The van der Waals surface area contributed by atoms with Crippen molar-refractivity contribution >= 4 is 5.91 Å². The second-order valence-corrected chi connectivity index (χ2v) is 5.46. The van der Waals surface area contributed by atoms with Gasteiger partial charge in [0.05, 0.1) is 0 Å². The molecule has 2 heterocycles. The summed E-state index contributed by atoms with van der Waals surface area (Å²) >= 11 is 0. The summed E-state index contributed by atoms with van der Waals surface area (Å²) in [5, 5.41) is 6.59. The van der Waals surface area contributed by atoms with Crippen molar-refractivity contribution in [1.82, 2.24) is 15.5 Å². The van der Waals surface area contributed by atoms with Gasteiger partial charge in [0.1, 0.15) is 11.5 Å². The first kappa shape index (κ1) is 15.9. The topological polar surface area (TPSA) is 68.0 Å². The third-order valence-electron chi connectivity index (χ3n) is 3.50. The number of rotatable bonds is 5. The fraction of sp³-hybridized carbons (Fsp3) is 0.167. The van der Waals surface area contributed by atoms with E-state index in [9.17, 15) is 9.18 Å². The maximum absolute atomic E-state index is 13.7. The Hall–Kier alpha value is -3.02. The Bertz CT molecular complexity index is 833. The number of nitrogens with zero attached hydrogens (tertiary/aromatic N) is 2. The molecule has 1 aromatic carbocycles. The third-order valence-corrected chi connectivity index (χ3v) is 3.50. The van der Waals surface area contributed by atoms with Crippen LogP contribution in [0.4, 0.5) is 4.39 Å². The van der Waals surface area contributed by atoms with Crippen molar-refractivity contribution in [2.75, 3.05) is 0 Å². The molecule has 122 valence electrons. The Balaban J connectivity index is 1.67. The van der Waals surface area contributed by atoms with Crippen LogP contribution >= 0.6 is 0 Å². The van der Waals surface area contributed by atoms with Gasteiger partial charge in [-0.25, -0.2) is 4.39 Å². The van der Waals surface area contributed by atoms with Crippen LogP contribution in [0.3, 0.4) is 0 Å². The number of aromatic nitrogens is 2. The molecule has 1 amide bonds. The number of hydrogen-bond acceptors (Lipinski definition) is 4. The number of hydrogen-bond donors (Lipinski definition) is 1. The van der Waals surface area contributed by atoms with Gasteiger partial charge in [0, 0.05) is 36.0 Å². The van der Waals surface area contributed by atoms with Gasteiger partial charge in [0.2, 0.25) is 5.76 Å². The van der Waals surface area contributed by atoms with Gasteiger partial charge in [-0.2, -0.15) is 0 Å². The van der Waals surface area contributed by atoms with Crippen LogP contribution in [0.5, 0.6) is 0 Å². The summed E-state index contributed by atoms with van der Waals surface area (Å²) in [5.74, 6) is -0.768. The Kier molecular flexibility index (Phi) is 4.65. The molecule has 0 spiro atoms. The molecule has 3 rings (SSSR count). The van der Waals surface area contributed by atoms with E-state index >= 15 is 0 Å². The zero-order valence-electron chi connectivity index (χ0n) is 13.1. The van der Waals surface area contributed by atoms with Crippen LogP contribution < -0.4 is 5.32 Å². The first-order valence-electron chi connectivity index (χ1n) is 7.56. The molecule has 0 saturated heterocycles. The van der Waals surface area contributed by atoms with Gasteiger partial charge in [-0.3, -0.25) is 9.78 Å². The van der Waals surface area contributed by atoms with E-state index in [4.69, 9.17) is 4.52 Å². The molecular formula is C18H16FN3O2. The second kappa shape index (κ2) is 7.04. The van der Waals surface area contributed by atoms with Gasteiger partial charge in [-0.1, -0.05) is 23.4 Å². The summed E-state index contributed by atoms with van der Waals surface area (Å²) in [6.07, 6.45) is 2.31. The van der Waals surface area contributed by atoms with Crippen LogP contribution in [-0.4, -0.2) is 22.1 Å². The SMILES string of the molecule is CC(Cc1ccccn1)NC(=O)c1cc(-c2ccccc2F)no1. The van der Waals surface area contributed by atoms with Crippen LogP contribution in [-0.2, 0) is 6.42 Å². The third kappa shape index (κ3) is 3.65. The summed E-state index contributed by atoms with van der Waals surface area (Å²) in [6.45, 7) is 1.88. The van der Waals surface area contributed by atoms with E-state index in [1.807, 2.05) is 25.1 Å². The van der Waals surface area contributed by atoms with Gasteiger partial charge >= 0.3 is 0 Å². The lowest BCUT2D eigenvalue weighted by Crippen LogP contribution is -2.34. The number of carbonyl (C=O) groups is 1. The molecule has 0 radical (unpaired) electrons. The highest BCUT2D eigenvalue weighted by Gasteiger charge is 2.17. The lowest BCUT2D eigenvalue weighted by atomic mass is 10.1. The van der Waals surface area contributed by atoms with E-state index < -0.39 is 11.7 Å². The summed E-state index contributed by atoms with van der Waals surface area (Å²) in [4.78, 5) is 16.4. The molecule has 0 aliphatic rings. The Morgan fingerprint density at radius 2 is 2.04 bits per heavy atom. The zero-order valence-corrected chi connectivity index (χ0v) is 13.1. The minimum absolute atomic E-state index is 0.0427. The van der Waals surface area contributed by atoms with Gasteiger partial charge in [-0.15, -0.1) is 0 Å². The number of benzene rings is 1. The van der Waals surface area contributed by atoms with Crippen LogP contribution in [0.25, 0.3) is 11.3 Å². The van der Waals surface area contributed by atoms with Gasteiger partial charge in [-0.05, 0) is 31.2 Å². The standard InChI is InChI=1S/C18H16FN3O2/c1-12(10-13-6-4-5-9-20-13)21-18(23)17-11-16(22-24-17)14-7-2-3-8-15(14)19/h2-9,11-12H,10H2,1H3,(H,21,23). The lowest BCUT2D eigenvalue weighted by Gasteiger charge is -2.11. The molecule has 3 aromatic rings. The number of amides is 1. The van der Waals surface area contributed by atoms with Crippen LogP contribution in [0.2, 0.25) is 0 Å². The van der Waals surface area contributed by atoms with Crippen LogP contribution in [0.1, 0.15) is 23.2 Å². The monoisotopic (exact) mass is 325 g/mol. The van der Waals surface area contributed by atoms with Crippen LogP contribution in [0, 0.1) is 5.82 Å². The highest BCUT2D eigenvalue weighted by Crippen LogP contribution is 2.22. The van der Waals surface area contributed by atoms with Crippen molar-refractivity contribution in [3.8, 4) is 11.3 Å². The predicted molar refractivity (Wildman–Crippen MR) is 86.8 cm³/mol. The lowest BCUT2D eigenvalue weighted by molar-refractivity contribution is 0.0903. The fourth-order valence-corrected chi connectivity index (χ4v) is 2.36. The summed E-state index contributed by atoms with van der Waals surface area (Å²) in [5.41, 5.74) is 1.47. The van der Waals surface area contributed by atoms with E-state index in [1.54, 1.807) is 24.4 Å². The second-order valence-electron chi connectivity index (χ2n) is 5.46. The van der Waals surface area contributed by atoms with E-state index in [-0.39, 0.29) is 17.5 Å². The first-order valence-corrected chi connectivity index (χ1v) is 7.56. The van der Waals surface area contributed by atoms with Gasteiger partial charge in [0.25, 0.3) is 5.91 Å². The van der Waals surface area contributed by atoms with Crippen molar-refractivity contribution in [3.63, 3.8) is 0 Å². The molecule has 6 heteroatoms. The summed E-state index contributed by atoms with van der Waals surface area (Å²) in [6, 6.07) is 13.1. The molecule has 0 aliphatic carbocycles. The summed E-state index contributed by atoms with van der Waals surface area (Å²) in [7, 11) is 0. The van der Waals surface area contributed by atoms with E-state index in [2.05, 4.69) is 15.5 Å². The molecule has 0 saturated carbocycles. The Morgan fingerprint density at radius 3 is 2.79 bits per heavy atom. The van der Waals surface area contributed by atoms with Crippen molar-refractivity contribution in [1.29, 1.82) is 0 Å². The average molecular weight is 325 g/mol. The maximum atomic E-state index is 13.7. The summed E-state index contributed by atoms with van der Waals surface area (Å²) < 4.78 is 18.8. The Labute approximate surface area is 138 Å². The van der Waals surface area contributed by atoms with Crippen molar-refractivity contribution in [2.24, 2.45) is 0 Å². The highest BCUT2D eigenvalue weighted by molar-refractivity contribution is 5.92. The molecule has 1 unspecified atom stereocenters. The molecule has 1 N–H and O–H groups in total. The number of carbonyl (C=O) groups excluding carboxylic acids is 1. The minimum Gasteiger partial charge on any atom is -0.350 e. The molecule has 24 heavy (non-hydrogen) atoms. The van der Waals surface area contributed by atoms with Gasteiger partial charge in [0.15, 0.2) is 0 Å². The first-order chi connectivity index (χ1) is 11.6. The largest absolute Gasteiger partial charge is 0.350 e. The molecule has 0 aliphatic heterocycles. The van der Waals surface area contributed by atoms with Crippen LogP contribution in [0.15, 0.2) is 59.3 Å². The molecular weight excluding hydrogens is 309 g/mol. The average Bonchev–Trinajstić information content (AvgIpc) is 3.06. The molecule has 0 fully saturated rings. The van der Waals surface area contributed by atoms with Crippen molar-refractivity contribution < 1.29 is 13.7 Å². The molecule has 2 aromatic heterocycles. The smallest absolute Gasteiger partial charge is 0.290 e. The Morgan fingerprint density at radius 1 is 1.25 bits per heavy atom.